The fourth-order valence-corrected chi connectivity index (χ4v) is 2.77. The van der Waals surface area contributed by atoms with Gasteiger partial charge in [0.2, 0.25) is 0 Å². The van der Waals surface area contributed by atoms with E-state index in [4.69, 9.17) is 14.2 Å². The monoisotopic (exact) mass is 310 g/mol. The first-order valence-electron chi connectivity index (χ1n) is 7.20. The Morgan fingerprint density at radius 1 is 0.739 bits per heavy atom. The molecule has 0 aromatic heterocycles. The Bertz CT molecular complexity index is 855. The molecule has 4 heteroatoms. The summed E-state index contributed by atoms with van der Waals surface area (Å²) in [6.07, 6.45) is 0. The van der Waals surface area contributed by atoms with Crippen molar-refractivity contribution in [2.45, 2.75) is 0 Å². The van der Waals surface area contributed by atoms with Crippen LogP contribution in [-0.4, -0.2) is 26.4 Å². The molecule has 118 valence electrons. The molecule has 0 saturated carbocycles. The van der Waals surface area contributed by atoms with E-state index in [0.717, 1.165) is 22.1 Å². The number of aromatic hydroxyl groups is 1. The third-order valence-electron chi connectivity index (χ3n) is 3.88. The minimum atomic E-state index is 0.125. The molecule has 0 bridgehead atoms. The highest BCUT2D eigenvalue weighted by Gasteiger charge is 2.17. The van der Waals surface area contributed by atoms with Crippen LogP contribution in [0.15, 0.2) is 48.5 Å². The molecule has 23 heavy (non-hydrogen) atoms. The molecule has 0 aliphatic carbocycles. The second kappa shape index (κ2) is 6.08. The number of phenols is 1. The number of benzene rings is 3. The summed E-state index contributed by atoms with van der Waals surface area (Å²) in [7, 11) is 4.82. The maximum absolute atomic E-state index is 10.4. The fourth-order valence-electron chi connectivity index (χ4n) is 2.77. The average Bonchev–Trinajstić information content (AvgIpc) is 2.60. The van der Waals surface area contributed by atoms with Gasteiger partial charge in [0.05, 0.1) is 21.3 Å². The van der Waals surface area contributed by atoms with Gasteiger partial charge in [-0.1, -0.05) is 24.3 Å². The van der Waals surface area contributed by atoms with Gasteiger partial charge >= 0.3 is 0 Å². The maximum Gasteiger partial charge on any atom is 0.134 e. The van der Waals surface area contributed by atoms with Gasteiger partial charge < -0.3 is 19.3 Å². The number of phenolic OH excluding ortho intramolecular Hbond substituents is 1. The normalized spacial score (nSPS) is 10.6. The first-order chi connectivity index (χ1) is 11.2. The summed E-state index contributed by atoms with van der Waals surface area (Å²) in [5.74, 6) is 2.14. The third kappa shape index (κ3) is 2.52. The molecule has 1 N–H and O–H groups in total. The summed E-state index contributed by atoms with van der Waals surface area (Å²) >= 11 is 0. The van der Waals surface area contributed by atoms with Gasteiger partial charge in [-0.2, -0.15) is 0 Å². The van der Waals surface area contributed by atoms with Crippen molar-refractivity contribution in [3.05, 3.63) is 48.5 Å². The Hall–Kier alpha value is -2.88. The van der Waals surface area contributed by atoms with Gasteiger partial charge in [0, 0.05) is 28.0 Å². The first kappa shape index (κ1) is 15.0. The largest absolute Gasteiger partial charge is 0.507 e. The van der Waals surface area contributed by atoms with Crippen LogP contribution in [0.3, 0.4) is 0 Å². The molecular weight excluding hydrogens is 292 g/mol. The lowest BCUT2D eigenvalue weighted by atomic mass is 9.98. The van der Waals surface area contributed by atoms with Crippen LogP contribution in [0.4, 0.5) is 0 Å². The van der Waals surface area contributed by atoms with E-state index in [9.17, 15) is 5.11 Å². The van der Waals surface area contributed by atoms with Gasteiger partial charge in [0.25, 0.3) is 0 Å². The van der Waals surface area contributed by atoms with Gasteiger partial charge in [0.1, 0.15) is 23.0 Å². The van der Waals surface area contributed by atoms with E-state index in [-0.39, 0.29) is 5.75 Å². The van der Waals surface area contributed by atoms with Crippen molar-refractivity contribution in [1.82, 2.24) is 0 Å². The van der Waals surface area contributed by atoms with Crippen LogP contribution in [0.25, 0.3) is 21.9 Å². The molecule has 3 aromatic rings. The number of hydrogen-bond acceptors (Lipinski definition) is 4. The van der Waals surface area contributed by atoms with Crippen LogP contribution < -0.4 is 14.2 Å². The van der Waals surface area contributed by atoms with Crippen molar-refractivity contribution < 1.29 is 19.3 Å². The first-order valence-corrected chi connectivity index (χ1v) is 7.20. The zero-order valence-corrected chi connectivity index (χ0v) is 13.3. The Kier molecular flexibility index (Phi) is 3.98. The summed E-state index contributed by atoms with van der Waals surface area (Å²) in [5, 5.41) is 12.2. The summed E-state index contributed by atoms with van der Waals surface area (Å²) in [4.78, 5) is 0. The van der Waals surface area contributed by atoms with Crippen LogP contribution in [0.5, 0.6) is 23.0 Å². The summed E-state index contributed by atoms with van der Waals surface area (Å²) in [5.41, 5.74) is 1.43. The zero-order chi connectivity index (χ0) is 16.4. The van der Waals surface area contributed by atoms with Crippen LogP contribution >= 0.6 is 0 Å². The van der Waals surface area contributed by atoms with Crippen molar-refractivity contribution in [2.24, 2.45) is 0 Å². The van der Waals surface area contributed by atoms with Gasteiger partial charge in [-0.05, 0) is 18.2 Å². The van der Waals surface area contributed by atoms with Crippen LogP contribution in [0.2, 0.25) is 0 Å². The minimum Gasteiger partial charge on any atom is -0.507 e. The number of hydrogen-bond donors (Lipinski definition) is 1. The van der Waals surface area contributed by atoms with E-state index in [2.05, 4.69) is 0 Å². The molecule has 0 fully saturated rings. The van der Waals surface area contributed by atoms with Crippen LogP contribution in [-0.2, 0) is 0 Å². The van der Waals surface area contributed by atoms with Crippen molar-refractivity contribution >= 4 is 10.8 Å². The third-order valence-corrected chi connectivity index (χ3v) is 3.88. The van der Waals surface area contributed by atoms with Crippen LogP contribution in [0.1, 0.15) is 0 Å². The lowest BCUT2D eigenvalue weighted by molar-refractivity contribution is 0.406. The number of fused-ring (bicyclic) bond motifs is 1. The van der Waals surface area contributed by atoms with Crippen molar-refractivity contribution in [1.29, 1.82) is 0 Å². The minimum absolute atomic E-state index is 0.125. The zero-order valence-electron chi connectivity index (χ0n) is 13.3. The highest BCUT2D eigenvalue weighted by atomic mass is 16.5. The molecule has 0 aliphatic heterocycles. The maximum atomic E-state index is 10.4. The second-order valence-corrected chi connectivity index (χ2v) is 5.09. The van der Waals surface area contributed by atoms with Gasteiger partial charge in [-0.3, -0.25) is 0 Å². The predicted molar refractivity (Wildman–Crippen MR) is 90.7 cm³/mol. The summed E-state index contributed by atoms with van der Waals surface area (Å²) < 4.78 is 16.3. The molecule has 4 nitrogen and oxygen atoms in total. The molecular formula is C19H18O4. The van der Waals surface area contributed by atoms with E-state index < -0.39 is 0 Å². The van der Waals surface area contributed by atoms with Gasteiger partial charge in [0.15, 0.2) is 0 Å². The number of methoxy groups -OCH3 is 3. The lowest BCUT2D eigenvalue weighted by Gasteiger charge is -2.16. The smallest absolute Gasteiger partial charge is 0.134 e. The SMILES string of the molecule is COc1ccc(-c2cc(OC)c3ccccc3c2OC)c(O)c1. The summed E-state index contributed by atoms with van der Waals surface area (Å²) in [6.45, 7) is 0. The molecule has 0 atom stereocenters. The quantitative estimate of drug-likeness (QED) is 0.783. The molecule has 0 heterocycles. The van der Waals surface area contributed by atoms with Crippen molar-refractivity contribution in [3.63, 3.8) is 0 Å². The molecule has 0 aliphatic rings. The Morgan fingerprint density at radius 3 is 2.09 bits per heavy atom. The molecule has 0 amide bonds. The van der Waals surface area contributed by atoms with E-state index in [1.54, 1.807) is 39.5 Å². The standard InChI is InChI=1S/C19H18O4/c1-21-12-8-9-13(17(20)10-12)16-11-18(22-2)14-6-4-5-7-15(14)19(16)23-3/h4-11,20H,1-3H3. The number of ether oxygens (including phenoxy) is 3. The summed E-state index contributed by atoms with van der Waals surface area (Å²) in [6, 6.07) is 14.9. The van der Waals surface area contributed by atoms with E-state index in [1.165, 1.54) is 0 Å². The fraction of sp³-hybridized carbons (Fsp3) is 0.158. The van der Waals surface area contributed by atoms with Gasteiger partial charge in [-0.25, -0.2) is 0 Å². The molecule has 0 radical (unpaired) electrons. The van der Waals surface area contributed by atoms with E-state index >= 15 is 0 Å². The van der Waals surface area contributed by atoms with Crippen molar-refractivity contribution in [3.8, 4) is 34.1 Å². The number of rotatable bonds is 4. The second-order valence-electron chi connectivity index (χ2n) is 5.09. The molecule has 0 spiro atoms. The topological polar surface area (TPSA) is 47.9 Å². The Morgan fingerprint density at radius 2 is 1.48 bits per heavy atom. The predicted octanol–water partition coefficient (Wildman–Crippen LogP) is 4.24. The molecule has 0 unspecified atom stereocenters. The Labute approximate surface area is 134 Å². The van der Waals surface area contributed by atoms with E-state index in [0.29, 0.717) is 17.1 Å². The highest BCUT2D eigenvalue weighted by Crippen LogP contribution is 2.44. The average molecular weight is 310 g/mol. The Balaban J connectivity index is 2.33. The van der Waals surface area contributed by atoms with Crippen LogP contribution in [0, 0.1) is 0 Å². The van der Waals surface area contributed by atoms with E-state index in [1.807, 2.05) is 30.3 Å². The molecule has 3 rings (SSSR count). The van der Waals surface area contributed by atoms with Gasteiger partial charge in [-0.15, -0.1) is 0 Å². The molecule has 3 aromatic carbocycles. The van der Waals surface area contributed by atoms with Crippen molar-refractivity contribution in [2.75, 3.05) is 21.3 Å². The molecule has 0 saturated heterocycles. The lowest BCUT2D eigenvalue weighted by Crippen LogP contribution is -1.94. The highest BCUT2D eigenvalue weighted by molar-refractivity contribution is 6.00.